The van der Waals surface area contributed by atoms with Crippen molar-refractivity contribution in [3.63, 3.8) is 0 Å². The summed E-state index contributed by atoms with van der Waals surface area (Å²) in [7, 11) is 1.57. The number of aromatic nitrogens is 1. The van der Waals surface area contributed by atoms with E-state index in [2.05, 4.69) is 5.16 Å². The van der Waals surface area contributed by atoms with E-state index in [4.69, 9.17) is 9.26 Å². The quantitative estimate of drug-likeness (QED) is 0.646. The second-order valence-corrected chi connectivity index (χ2v) is 7.77. The fourth-order valence-electron chi connectivity index (χ4n) is 4.14. The molecule has 31 heavy (non-hydrogen) atoms. The minimum atomic E-state index is -0.969. The Labute approximate surface area is 180 Å². The van der Waals surface area contributed by atoms with E-state index in [9.17, 15) is 14.7 Å². The van der Waals surface area contributed by atoms with Crippen LogP contribution in [0.15, 0.2) is 53.1 Å². The molecule has 1 aromatic heterocycles. The predicted octanol–water partition coefficient (Wildman–Crippen LogP) is 4.06. The third-order valence-electron chi connectivity index (χ3n) is 5.73. The van der Waals surface area contributed by atoms with E-state index in [1.807, 2.05) is 35.2 Å². The van der Waals surface area contributed by atoms with Gasteiger partial charge in [-0.25, -0.2) is 4.79 Å². The van der Waals surface area contributed by atoms with Gasteiger partial charge in [0, 0.05) is 18.7 Å². The molecule has 3 aromatic rings. The van der Waals surface area contributed by atoms with Gasteiger partial charge in [-0.3, -0.25) is 4.79 Å². The third kappa shape index (κ3) is 4.17. The molecule has 0 aliphatic carbocycles. The zero-order valence-electron chi connectivity index (χ0n) is 17.5. The van der Waals surface area contributed by atoms with Crippen molar-refractivity contribution < 1.29 is 24.0 Å². The Hall–Kier alpha value is -3.61. The summed E-state index contributed by atoms with van der Waals surface area (Å²) in [5.74, 6) is 0.316. The van der Waals surface area contributed by atoms with Gasteiger partial charge in [0.05, 0.1) is 12.7 Å². The number of carbonyl (C=O) groups excluding carboxylic acids is 1. The number of ether oxygens (including phenoxy) is 1. The van der Waals surface area contributed by atoms with E-state index in [0.29, 0.717) is 42.3 Å². The summed E-state index contributed by atoms with van der Waals surface area (Å²) in [5.41, 5.74) is 2.97. The minimum Gasteiger partial charge on any atom is -0.496 e. The lowest BCUT2D eigenvalue weighted by Gasteiger charge is -2.17. The highest BCUT2D eigenvalue weighted by atomic mass is 16.5. The summed E-state index contributed by atoms with van der Waals surface area (Å²) in [5, 5.41) is 13.4. The molecule has 0 spiro atoms. The van der Waals surface area contributed by atoms with Crippen LogP contribution in [0.3, 0.4) is 0 Å². The van der Waals surface area contributed by atoms with Gasteiger partial charge >= 0.3 is 5.97 Å². The Morgan fingerprint density at radius 1 is 1.23 bits per heavy atom. The lowest BCUT2D eigenvalue weighted by Crippen LogP contribution is -2.29. The van der Waals surface area contributed by atoms with E-state index >= 15 is 0 Å². The van der Waals surface area contributed by atoms with Crippen LogP contribution in [0.25, 0.3) is 11.3 Å². The highest BCUT2D eigenvalue weighted by Gasteiger charge is 2.32. The molecular formula is C24H24N2O5. The molecule has 1 amide bonds. The van der Waals surface area contributed by atoms with Crippen molar-refractivity contribution in [1.29, 1.82) is 0 Å². The van der Waals surface area contributed by atoms with E-state index < -0.39 is 5.97 Å². The molecule has 1 fully saturated rings. The highest BCUT2D eigenvalue weighted by molar-refractivity contribution is 6.00. The van der Waals surface area contributed by atoms with Crippen LogP contribution < -0.4 is 4.74 Å². The van der Waals surface area contributed by atoms with Gasteiger partial charge in [-0.15, -0.1) is 0 Å². The number of nitrogens with zero attached hydrogens (tertiary/aromatic N) is 2. The normalized spacial score (nSPS) is 15.8. The number of benzene rings is 2. The summed E-state index contributed by atoms with van der Waals surface area (Å²) >= 11 is 0. The molecule has 7 heteroatoms. The molecule has 1 atom stereocenters. The van der Waals surface area contributed by atoms with Gasteiger partial charge in [-0.05, 0) is 49.4 Å². The van der Waals surface area contributed by atoms with Crippen LogP contribution in [0.2, 0.25) is 0 Å². The molecule has 2 heterocycles. The molecule has 1 aliphatic heterocycles. The number of likely N-dealkylation sites (tertiary alicyclic amines) is 1. The van der Waals surface area contributed by atoms with Gasteiger partial charge in [-0.2, -0.15) is 0 Å². The summed E-state index contributed by atoms with van der Waals surface area (Å²) in [6.07, 6.45) is 1.47. The molecule has 1 N–H and O–H groups in total. The number of aryl methyl sites for hydroxylation is 1. The largest absolute Gasteiger partial charge is 0.496 e. The van der Waals surface area contributed by atoms with E-state index in [-0.39, 0.29) is 17.4 Å². The first-order valence-electron chi connectivity index (χ1n) is 10.2. The van der Waals surface area contributed by atoms with Gasteiger partial charge < -0.3 is 19.3 Å². The molecule has 1 unspecified atom stereocenters. The molecule has 1 saturated heterocycles. The number of carboxylic acids is 1. The van der Waals surface area contributed by atoms with Gasteiger partial charge in [0.1, 0.15) is 22.8 Å². The molecule has 0 bridgehead atoms. The zero-order chi connectivity index (χ0) is 22.0. The predicted molar refractivity (Wildman–Crippen MR) is 114 cm³/mol. The Bertz CT molecular complexity index is 1110. The van der Waals surface area contributed by atoms with Crippen molar-refractivity contribution >= 4 is 11.9 Å². The van der Waals surface area contributed by atoms with Crippen LogP contribution in [0.4, 0.5) is 0 Å². The summed E-state index contributed by atoms with van der Waals surface area (Å²) in [6, 6.07) is 14.4. The van der Waals surface area contributed by atoms with Gasteiger partial charge in [0.25, 0.3) is 5.91 Å². The molecule has 7 nitrogen and oxygen atoms in total. The number of aromatic carboxylic acids is 1. The maximum atomic E-state index is 13.3. The molecule has 1 aliphatic rings. The number of rotatable bonds is 6. The summed E-state index contributed by atoms with van der Waals surface area (Å²) in [6.45, 7) is 2.96. The number of hydrogen-bond acceptors (Lipinski definition) is 5. The number of hydrogen-bond donors (Lipinski definition) is 1. The maximum Gasteiger partial charge on any atom is 0.335 e. The van der Waals surface area contributed by atoms with Crippen LogP contribution in [-0.2, 0) is 6.42 Å². The summed E-state index contributed by atoms with van der Waals surface area (Å²) in [4.78, 5) is 26.5. The van der Waals surface area contributed by atoms with Crippen LogP contribution in [0, 0.1) is 12.8 Å². The van der Waals surface area contributed by atoms with Crippen molar-refractivity contribution in [3.05, 3.63) is 71.0 Å². The third-order valence-corrected chi connectivity index (χ3v) is 5.73. The first kappa shape index (κ1) is 20.7. The second-order valence-electron chi connectivity index (χ2n) is 7.77. The van der Waals surface area contributed by atoms with Crippen molar-refractivity contribution in [2.24, 2.45) is 5.92 Å². The minimum absolute atomic E-state index is 0.0913. The standard InChI is InChI=1S/C24H24N2O5/c1-15-21(22(25-31-15)17-6-4-3-5-7-17)23(27)26-11-10-16(14-26)12-19-13-18(24(28)29)8-9-20(19)30-2/h3-9,13,16H,10-12,14H2,1-2H3,(H,28,29). The maximum absolute atomic E-state index is 13.3. The SMILES string of the molecule is COc1ccc(C(=O)O)cc1CC1CCN(C(=O)c2c(-c3ccccc3)noc2C)C1. The molecule has 0 radical (unpaired) electrons. The lowest BCUT2D eigenvalue weighted by molar-refractivity contribution is 0.0696. The Morgan fingerprint density at radius 2 is 2.00 bits per heavy atom. The first-order valence-corrected chi connectivity index (χ1v) is 10.2. The van der Waals surface area contributed by atoms with Crippen LogP contribution in [0.1, 0.15) is 38.5 Å². The van der Waals surface area contributed by atoms with Crippen molar-refractivity contribution in [3.8, 4) is 17.0 Å². The summed E-state index contributed by atoms with van der Waals surface area (Å²) < 4.78 is 10.8. The van der Waals surface area contributed by atoms with Gasteiger partial charge in [0.15, 0.2) is 0 Å². The van der Waals surface area contributed by atoms with Crippen molar-refractivity contribution in [1.82, 2.24) is 10.1 Å². The van der Waals surface area contributed by atoms with Crippen molar-refractivity contribution in [2.45, 2.75) is 19.8 Å². The molecule has 160 valence electrons. The monoisotopic (exact) mass is 420 g/mol. The van der Waals surface area contributed by atoms with E-state index in [0.717, 1.165) is 17.5 Å². The second kappa shape index (κ2) is 8.63. The topological polar surface area (TPSA) is 92.9 Å². The van der Waals surface area contributed by atoms with Gasteiger partial charge in [0.2, 0.25) is 0 Å². The Kier molecular flexibility index (Phi) is 5.75. The first-order chi connectivity index (χ1) is 15.0. The molecular weight excluding hydrogens is 396 g/mol. The van der Waals surface area contributed by atoms with E-state index in [1.54, 1.807) is 26.2 Å². The van der Waals surface area contributed by atoms with Gasteiger partial charge in [-0.1, -0.05) is 35.5 Å². The van der Waals surface area contributed by atoms with Crippen LogP contribution in [-0.4, -0.2) is 47.2 Å². The fourth-order valence-corrected chi connectivity index (χ4v) is 4.14. The molecule has 0 saturated carbocycles. The smallest absolute Gasteiger partial charge is 0.335 e. The highest BCUT2D eigenvalue weighted by Crippen LogP contribution is 2.31. The number of carboxylic acid groups (broad SMARTS) is 1. The Morgan fingerprint density at radius 3 is 2.71 bits per heavy atom. The number of amides is 1. The van der Waals surface area contributed by atoms with Crippen LogP contribution in [0.5, 0.6) is 5.75 Å². The average molecular weight is 420 g/mol. The van der Waals surface area contributed by atoms with Crippen LogP contribution >= 0.6 is 0 Å². The molecule has 2 aromatic carbocycles. The van der Waals surface area contributed by atoms with E-state index in [1.165, 1.54) is 6.07 Å². The number of carbonyl (C=O) groups is 2. The van der Waals surface area contributed by atoms with Crippen molar-refractivity contribution in [2.75, 3.05) is 20.2 Å². The lowest BCUT2D eigenvalue weighted by atomic mass is 9.96. The average Bonchev–Trinajstić information content (AvgIpc) is 3.40. The molecule has 4 rings (SSSR count). The Balaban J connectivity index is 1.52. The number of methoxy groups -OCH3 is 1. The zero-order valence-corrected chi connectivity index (χ0v) is 17.5. The fraction of sp³-hybridized carbons (Fsp3) is 0.292.